The zero-order valence-corrected chi connectivity index (χ0v) is 25.5. The van der Waals surface area contributed by atoms with E-state index in [4.69, 9.17) is 24.9 Å². The van der Waals surface area contributed by atoms with Crippen molar-refractivity contribution in [2.45, 2.75) is 44.6 Å². The monoisotopic (exact) mass is 609 g/mol. The Balaban J connectivity index is 1.16. The van der Waals surface area contributed by atoms with Gasteiger partial charge in [-0.25, -0.2) is 9.78 Å². The fourth-order valence-electron chi connectivity index (χ4n) is 4.60. The van der Waals surface area contributed by atoms with Gasteiger partial charge in [-0.1, -0.05) is 25.1 Å². The van der Waals surface area contributed by atoms with Crippen LogP contribution < -0.4 is 16.4 Å². The molecule has 3 aromatic rings. The lowest BCUT2D eigenvalue weighted by molar-refractivity contribution is 0.00665. The summed E-state index contributed by atoms with van der Waals surface area (Å²) in [4.78, 5) is 28.4. The van der Waals surface area contributed by atoms with E-state index in [9.17, 15) is 9.59 Å². The number of nitrogens with two attached hydrogens (primary N) is 1. The normalized spacial score (nSPS) is 13.5. The maximum atomic E-state index is 13.1. The molecule has 1 aliphatic rings. The third-order valence-corrected chi connectivity index (χ3v) is 7.17. The second kappa shape index (κ2) is 17.4. The van der Waals surface area contributed by atoms with E-state index >= 15 is 0 Å². The molecule has 0 radical (unpaired) electrons. The highest BCUT2D eigenvalue weighted by atomic mass is 16.6. The smallest absolute Gasteiger partial charge is 0.404 e. The summed E-state index contributed by atoms with van der Waals surface area (Å²) in [6.45, 7) is 6.21. The number of hydrogen-bond acceptors (Lipinski definition) is 10. The van der Waals surface area contributed by atoms with Gasteiger partial charge >= 0.3 is 6.09 Å². The number of anilines is 1. The van der Waals surface area contributed by atoms with Crippen LogP contribution >= 0.6 is 0 Å². The van der Waals surface area contributed by atoms with Gasteiger partial charge in [0.25, 0.3) is 5.91 Å². The lowest BCUT2D eigenvalue weighted by Crippen LogP contribution is -2.22. The van der Waals surface area contributed by atoms with Crippen LogP contribution in [-0.2, 0) is 39.0 Å². The second-order valence-corrected chi connectivity index (χ2v) is 10.7. The van der Waals surface area contributed by atoms with Crippen LogP contribution in [0, 0.1) is 0 Å². The van der Waals surface area contributed by atoms with Crippen LogP contribution in [0.15, 0.2) is 42.7 Å². The van der Waals surface area contributed by atoms with Crippen molar-refractivity contribution in [3.63, 3.8) is 0 Å². The van der Waals surface area contributed by atoms with Crippen molar-refractivity contribution in [3.8, 4) is 0 Å². The number of benzene rings is 1. The third-order valence-electron chi connectivity index (χ3n) is 7.17. The molecule has 2 amide bonds. The molecule has 13 heteroatoms. The summed E-state index contributed by atoms with van der Waals surface area (Å²) < 4.78 is 22.8. The molecule has 0 aliphatic heterocycles. The zero-order valence-electron chi connectivity index (χ0n) is 25.5. The Morgan fingerprint density at radius 3 is 2.43 bits per heavy atom. The molecule has 4 N–H and O–H groups in total. The standard InChI is InChI=1S/C31H43N7O6/c1-22(18-28-37-34-21-38(28)2)24-4-3-5-26(19-24)35-30(39)27-9-8-25(29(36-27)23-6-7-23)20-33-10-11-41-12-13-42-14-15-43-16-17-44-31(32)40/h3-5,8-9,19,21-23,33H,6-7,10-18,20H2,1-2H3,(H2,32,40)(H,35,39). The van der Waals surface area contributed by atoms with Gasteiger partial charge in [0.1, 0.15) is 24.5 Å². The first kappa shape index (κ1) is 33.0. The Morgan fingerprint density at radius 1 is 1.02 bits per heavy atom. The number of rotatable bonds is 20. The van der Waals surface area contributed by atoms with Crippen LogP contribution in [0.4, 0.5) is 10.5 Å². The lowest BCUT2D eigenvalue weighted by Gasteiger charge is -2.14. The van der Waals surface area contributed by atoms with Crippen molar-refractivity contribution in [3.05, 3.63) is 71.1 Å². The number of nitrogens with one attached hydrogen (secondary N) is 2. The van der Waals surface area contributed by atoms with Crippen LogP contribution in [0.2, 0.25) is 0 Å². The zero-order chi connectivity index (χ0) is 31.1. The number of pyridine rings is 1. The van der Waals surface area contributed by atoms with E-state index in [1.54, 1.807) is 12.4 Å². The fourth-order valence-corrected chi connectivity index (χ4v) is 4.60. The molecule has 1 atom stereocenters. The maximum Gasteiger partial charge on any atom is 0.404 e. The van der Waals surface area contributed by atoms with Gasteiger partial charge in [-0.2, -0.15) is 0 Å². The first-order valence-electron chi connectivity index (χ1n) is 15.0. The van der Waals surface area contributed by atoms with Gasteiger partial charge < -0.3 is 39.9 Å². The highest BCUT2D eigenvalue weighted by molar-refractivity contribution is 6.03. The Labute approximate surface area is 257 Å². The number of nitrogens with zero attached hydrogens (tertiary/aromatic N) is 4. The number of aryl methyl sites for hydroxylation is 1. The van der Waals surface area contributed by atoms with Gasteiger partial charge in [0.05, 0.1) is 39.6 Å². The highest BCUT2D eigenvalue weighted by Gasteiger charge is 2.28. The van der Waals surface area contributed by atoms with Crippen molar-refractivity contribution in [1.29, 1.82) is 0 Å². The molecule has 1 aromatic carbocycles. The van der Waals surface area contributed by atoms with E-state index in [1.165, 1.54) is 0 Å². The van der Waals surface area contributed by atoms with Crippen molar-refractivity contribution >= 4 is 17.7 Å². The first-order valence-corrected chi connectivity index (χ1v) is 15.0. The minimum absolute atomic E-state index is 0.130. The highest BCUT2D eigenvalue weighted by Crippen LogP contribution is 2.40. The van der Waals surface area contributed by atoms with E-state index in [-0.39, 0.29) is 25.0 Å². The minimum Gasteiger partial charge on any atom is -0.447 e. The average molecular weight is 610 g/mol. The second-order valence-electron chi connectivity index (χ2n) is 10.7. The SMILES string of the molecule is CC(Cc1nncn1C)c1cccc(NC(=O)c2ccc(CNCCOCCOCCOCCOC(N)=O)c(C3CC3)n2)c1. The van der Waals surface area contributed by atoms with Crippen LogP contribution in [0.1, 0.15) is 64.7 Å². The topological polar surface area (TPSA) is 165 Å². The summed E-state index contributed by atoms with van der Waals surface area (Å²) in [5.74, 6) is 1.32. The van der Waals surface area contributed by atoms with Gasteiger partial charge in [-0.15, -0.1) is 10.2 Å². The van der Waals surface area contributed by atoms with E-state index in [1.807, 2.05) is 35.9 Å². The largest absolute Gasteiger partial charge is 0.447 e. The molecule has 2 aromatic heterocycles. The van der Waals surface area contributed by atoms with Crippen molar-refractivity contribution in [2.24, 2.45) is 12.8 Å². The van der Waals surface area contributed by atoms with Gasteiger partial charge in [0.2, 0.25) is 0 Å². The Bertz CT molecular complexity index is 1350. The van der Waals surface area contributed by atoms with Crippen LogP contribution in [0.25, 0.3) is 0 Å². The van der Waals surface area contributed by atoms with Crippen LogP contribution in [0.5, 0.6) is 0 Å². The van der Waals surface area contributed by atoms with E-state index < -0.39 is 6.09 Å². The molecule has 0 saturated heterocycles. The molecule has 1 fully saturated rings. The first-order chi connectivity index (χ1) is 21.4. The van der Waals surface area contributed by atoms with Gasteiger partial charge in [0, 0.05) is 43.9 Å². The molecule has 13 nitrogen and oxygen atoms in total. The number of hydrogen-bond donors (Lipinski definition) is 3. The third kappa shape index (κ3) is 11.0. The van der Waals surface area contributed by atoms with Crippen LogP contribution in [0.3, 0.4) is 0 Å². The predicted molar refractivity (Wildman–Crippen MR) is 163 cm³/mol. The molecular weight excluding hydrogens is 566 g/mol. The van der Waals surface area contributed by atoms with Gasteiger partial charge in [-0.05, 0) is 48.1 Å². The predicted octanol–water partition coefficient (Wildman–Crippen LogP) is 2.92. The number of primary amides is 1. The molecule has 238 valence electrons. The number of aromatic nitrogens is 4. The van der Waals surface area contributed by atoms with E-state index in [0.717, 1.165) is 47.6 Å². The Kier molecular flexibility index (Phi) is 13.0. The molecule has 2 heterocycles. The summed E-state index contributed by atoms with van der Waals surface area (Å²) in [7, 11) is 1.94. The van der Waals surface area contributed by atoms with Crippen LogP contribution in [-0.4, -0.2) is 84.5 Å². The molecule has 1 aliphatic carbocycles. The molecule has 1 saturated carbocycles. The minimum atomic E-state index is -0.811. The molecule has 1 unspecified atom stereocenters. The molecule has 0 bridgehead atoms. The summed E-state index contributed by atoms with van der Waals surface area (Å²) in [6.07, 6.45) is 3.82. The van der Waals surface area contributed by atoms with Crippen molar-refractivity contribution < 1.29 is 28.5 Å². The Hall–Kier alpha value is -3.91. The molecule has 4 rings (SSSR count). The van der Waals surface area contributed by atoms with Crippen molar-refractivity contribution in [1.82, 2.24) is 25.1 Å². The summed E-state index contributed by atoms with van der Waals surface area (Å²) in [5.41, 5.74) is 9.24. The number of amides is 2. The quantitative estimate of drug-likeness (QED) is 0.162. The lowest BCUT2D eigenvalue weighted by atomic mass is 9.97. The van der Waals surface area contributed by atoms with E-state index in [2.05, 4.69) is 38.6 Å². The maximum absolute atomic E-state index is 13.1. The summed E-state index contributed by atoms with van der Waals surface area (Å²) >= 11 is 0. The fraction of sp³-hybridized carbons (Fsp3) is 0.516. The molecular formula is C31H43N7O6. The van der Waals surface area contributed by atoms with Crippen molar-refractivity contribution in [2.75, 3.05) is 58.1 Å². The molecule has 44 heavy (non-hydrogen) atoms. The summed E-state index contributed by atoms with van der Waals surface area (Å²) in [5, 5.41) is 14.6. The number of ether oxygens (including phenoxy) is 4. The van der Waals surface area contributed by atoms with Gasteiger partial charge in [-0.3, -0.25) is 4.79 Å². The average Bonchev–Trinajstić information content (AvgIpc) is 3.79. The van der Waals surface area contributed by atoms with Gasteiger partial charge in [0.15, 0.2) is 0 Å². The number of carbonyl (C=O) groups excluding carboxylic acids is 2. The number of carbonyl (C=O) groups is 2. The molecule has 0 spiro atoms. The van der Waals surface area contributed by atoms with E-state index in [0.29, 0.717) is 57.7 Å². The summed E-state index contributed by atoms with van der Waals surface area (Å²) in [6, 6.07) is 11.7. The Morgan fingerprint density at radius 2 is 1.75 bits per heavy atom.